The molecule has 1 aliphatic carbocycles. The molecule has 2 N–H and O–H groups in total. The van der Waals surface area contributed by atoms with E-state index in [4.69, 9.17) is 14.7 Å². The number of halogens is 1. The largest absolute Gasteiger partial charge is 0.379 e. The molecule has 1 saturated carbocycles. The van der Waals surface area contributed by atoms with Gasteiger partial charge in [-0.2, -0.15) is 10.1 Å². The molecular weight excluding hydrogens is 458 g/mol. The Balaban J connectivity index is 1.33. The van der Waals surface area contributed by atoms with E-state index in [1.54, 1.807) is 10.9 Å². The molecule has 0 bridgehead atoms. The Morgan fingerprint density at radius 2 is 1.90 bits per heavy atom. The van der Waals surface area contributed by atoms with E-state index in [9.17, 15) is 0 Å². The normalized spacial score (nSPS) is 22.5. The molecule has 0 atom stereocenters. The molecule has 9 heteroatoms. The SMILES string of the molecule is Cn1cc(Nc2nc(N[C@H]3CC[C@H](N4CCOCC4)CC3)c3cc(Br)ccc3n2)cn1. The highest BCUT2D eigenvalue weighted by atomic mass is 79.9. The van der Waals surface area contributed by atoms with Gasteiger partial charge in [0.1, 0.15) is 5.82 Å². The fraction of sp³-hybridized carbons (Fsp3) is 0.500. The van der Waals surface area contributed by atoms with Gasteiger partial charge in [0.2, 0.25) is 5.95 Å². The van der Waals surface area contributed by atoms with Crippen LogP contribution in [-0.2, 0) is 11.8 Å². The van der Waals surface area contributed by atoms with Crippen LogP contribution in [0.2, 0.25) is 0 Å². The van der Waals surface area contributed by atoms with Gasteiger partial charge in [-0.1, -0.05) is 15.9 Å². The molecule has 5 rings (SSSR count). The highest BCUT2D eigenvalue weighted by Crippen LogP contribution is 2.30. The molecule has 8 nitrogen and oxygen atoms in total. The molecule has 164 valence electrons. The molecule has 0 radical (unpaired) electrons. The number of nitrogens with one attached hydrogen (secondary N) is 2. The van der Waals surface area contributed by atoms with Crippen LogP contribution < -0.4 is 10.6 Å². The number of ether oxygens (including phenoxy) is 1. The number of nitrogens with zero attached hydrogens (tertiary/aromatic N) is 5. The summed E-state index contributed by atoms with van der Waals surface area (Å²) in [4.78, 5) is 12.1. The third kappa shape index (κ3) is 4.83. The summed E-state index contributed by atoms with van der Waals surface area (Å²) < 4.78 is 8.29. The minimum absolute atomic E-state index is 0.417. The molecule has 1 aromatic carbocycles. The summed E-state index contributed by atoms with van der Waals surface area (Å²) in [7, 11) is 1.89. The van der Waals surface area contributed by atoms with Gasteiger partial charge >= 0.3 is 0 Å². The van der Waals surface area contributed by atoms with Crippen LogP contribution in [0, 0.1) is 0 Å². The fourth-order valence-electron chi connectivity index (χ4n) is 4.60. The summed E-state index contributed by atoms with van der Waals surface area (Å²) in [6.45, 7) is 3.87. The van der Waals surface area contributed by atoms with Crippen LogP contribution in [-0.4, -0.2) is 63.0 Å². The lowest BCUT2D eigenvalue weighted by atomic mass is 9.90. The van der Waals surface area contributed by atoms with Crippen LogP contribution in [0.4, 0.5) is 17.5 Å². The lowest BCUT2D eigenvalue weighted by Crippen LogP contribution is -2.46. The number of aromatic nitrogens is 4. The number of morpholine rings is 1. The number of anilines is 3. The van der Waals surface area contributed by atoms with E-state index in [1.807, 2.05) is 25.4 Å². The summed E-state index contributed by atoms with van der Waals surface area (Å²) in [6.07, 6.45) is 8.40. The third-order valence-corrected chi connectivity index (χ3v) is 6.71. The molecule has 1 saturated heterocycles. The Bertz CT molecular complexity index is 1040. The molecule has 3 aromatic rings. The first-order chi connectivity index (χ1) is 15.1. The second kappa shape index (κ2) is 9.10. The van der Waals surface area contributed by atoms with Crippen molar-refractivity contribution in [3.8, 4) is 0 Å². The van der Waals surface area contributed by atoms with Gasteiger partial charge in [0.25, 0.3) is 0 Å². The van der Waals surface area contributed by atoms with Crippen LogP contribution in [0.5, 0.6) is 0 Å². The van der Waals surface area contributed by atoms with Crippen molar-refractivity contribution >= 4 is 44.3 Å². The number of rotatable bonds is 5. The second-order valence-corrected chi connectivity index (χ2v) is 9.30. The van der Waals surface area contributed by atoms with E-state index in [0.717, 1.165) is 66.0 Å². The van der Waals surface area contributed by atoms with Crippen molar-refractivity contribution in [3.05, 3.63) is 35.1 Å². The van der Waals surface area contributed by atoms with Crippen LogP contribution >= 0.6 is 15.9 Å². The Labute approximate surface area is 190 Å². The highest BCUT2D eigenvalue weighted by molar-refractivity contribution is 9.10. The topological polar surface area (TPSA) is 80.1 Å². The molecule has 1 aliphatic heterocycles. The molecule has 3 heterocycles. The zero-order chi connectivity index (χ0) is 21.2. The number of hydrogen-bond acceptors (Lipinski definition) is 7. The maximum Gasteiger partial charge on any atom is 0.229 e. The lowest BCUT2D eigenvalue weighted by molar-refractivity contribution is 0.00791. The van der Waals surface area contributed by atoms with E-state index in [-0.39, 0.29) is 0 Å². The maximum absolute atomic E-state index is 5.51. The molecule has 0 amide bonds. The monoisotopic (exact) mass is 485 g/mol. The Morgan fingerprint density at radius 3 is 2.65 bits per heavy atom. The Hall–Kier alpha value is -2.23. The van der Waals surface area contributed by atoms with Gasteiger partial charge in [-0.15, -0.1) is 0 Å². The number of aryl methyl sites for hydroxylation is 1. The van der Waals surface area contributed by atoms with E-state index < -0.39 is 0 Å². The highest BCUT2D eigenvalue weighted by Gasteiger charge is 2.27. The van der Waals surface area contributed by atoms with Crippen molar-refractivity contribution in [1.82, 2.24) is 24.6 Å². The van der Waals surface area contributed by atoms with E-state index >= 15 is 0 Å². The molecule has 31 heavy (non-hydrogen) atoms. The van der Waals surface area contributed by atoms with Crippen molar-refractivity contribution in [3.63, 3.8) is 0 Å². The van der Waals surface area contributed by atoms with Gasteiger partial charge in [-0.05, 0) is 43.9 Å². The van der Waals surface area contributed by atoms with Crippen LogP contribution in [0.25, 0.3) is 10.9 Å². The summed E-state index contributed by atoms with van der Waals surface area (Å²) in [5.41, 5.74) is 1.78. The first-order valence-corrected chi connectivity index (χ1v) is 11.7. The van der Waals surface area contributed by atoms with Crippen molar-refractivity contribution in [2.24, 2.45) is 7.05 Å². The summed E-state index contributed by atoms with van der Waals surface area (Å²) in [5.74, 6) is 1.46. The van der Waals surface area contributed by atoms with Gasteiger partial charge < -0.3 is 15.4 Å². The maximum atomic E-state index is 5.51. The standard InChI is InChI=1S/C22H28BrN7O/c1-29-14-17(13-24-29)26-22-27-20-7-2-15(23)12-19(20)21(28-22)25-16-3-5-18(6-4-16)30-8-10-31-11-9-30/h2,7,12-14,16,18H,3-6,8-11H2,1H3,(H2,25,26,27,28)/t16-,18-. The summed E-state index contributed by atoms with van der Waals surface area (Å²) in [5, 5.41) is 12.3. The minimum Gasteiger partial charge on any atom is -0.379 e. The minimum atomic E-state index is 0.417. The van der Waals surface area contributed by atoms with Gasteiger partial charge in [0, 0.05) is 48.3 Å². The predicted molar refractivity (Wildman–Crippen MR) is 126 cm³/mol. The first-order valence-electron chi connectivity index (χ1n) is 11.0. The average Bonchev–Trinajstić information content (AvgIpc) is 3.20. The van der Waals surface area contributed by atoms with Gasteiger partial charge in [-0.3, -0.25) is 9.58 Å². The van der Waals surface area contributed by atoms with Crippen molar-refractivity contribution in [2.75, 3.05) is 36.9 Å². The van der Waals surface area contributed by atoms with Crippen molar-refractivity contribution < 1.29 is 4.74 Å². The molecule has 2 aromatic heterocycles. The molecule has 2 aliphatic rings. The quantitative estimate of drug-likeness (QED) is 0.566. The van der Waals surface area contributed by atoms with Crippen molar-refractivity contribution in [2.45, 2.75) is 37.8 Å². The zero-order valence-electron chi connectivity index (χ0n) is 17.7. The van der Waals surface area contributed by atoms with E-state index in [1.165, 1.54) is 12.8 Å². The molecule has 2 fully saturated rings. The van der Waals surface area contributed by atoms with Gasteiger partial charge in [-0.25, -0.2) is 4.98 Å². The van der Waals surface area contributed by atoms with Crippen molar-refractivity contribution in [1.29, 1.82) is 0 Å². The van der Waals surface area contributed by atoms with E-state index in [2.05, 4.69) is 42.6 Å². The number of hydrogen-bond donors (Lipinski definition) is 2. The molecule has 0 spiro atoms. The fourth-order valence-corrected chi connectivity index (χ4v) is 4.96. The molecular formula is C22H28BrN7O. The molecule has 0 unspecified atom stereocenters. The second-order valence-electron chi connectivity index (χ2n) is 8.38. The Kier molecular flexibility index (Phi) is 6.06. The average molecular weight is 486 g/mol. The van der Waals surface area contributed by atoms with Crippen LogP contribution in [0.3, 0.4) is 0 Å². The predicted octanol–water partition coefficient (Wildman–Crippen LogP) is 3.92. The van der Waals surface area contributed by atoms with Crippen LogP contribution in [0.15, 0.2) is 35.1 Å². The smallest absolute Gasteiger partial charge is 0.229 e. The van der Waals surface area contributed by atoms with Gasteiger partial charge in [0.05, 0.1) is 30.6 Å². The first kappa shape index (κ1) is 20.7. The van der Waals surface area contributed by atoms with E-state index in [0.29, 0.717) is 18.0 Å². The third-order valence-electron chi connectivity index (χ3n) is 6.22. The lowest BCUT2D eigenvalue weighted by Gasteiger charge is -2.39. The summed E-state index contributed by atoms with van der Waals surface area (Å²) in [6, 6.07) is 7.23. The number of fused-ring (bicyclic) bond motifs is 1. The number of benzene rings is 1. The summed E-state index contributed by atoms with van der Waals surface area (Å²) >= 11 is 3.59. The van der Waals surface area contributed by atoms with Crippen LogP contribution in [0.1, 0.15) is 25.7 Å². The Morgan fingerprint density at radius 1 is 1.10 bits per heavy atom. The van der Waals surface area contributed by atoms with Gasteiger partial charge in [0.15, 0.2) is 0 Å². The zero-order valence-corrected chi connectivity index (χ0v) is 19.3.